The predicted molar refractivity (Wildman–Crippen MR) is 235 cm³/mol. The highest BCUT2D eigenvalue weighted by Crippen LogP contribution is 2.25. The molecule has 0 radical (unpaired) electrons. The fourth-order valence-corrected chi connectivity index (χ4v) is 9.07. The third-order valence-corrected chi connectivity index (χ3v) is 12.8. The number of carbonyl (C=O) groups is 3. The molecular formula is C45H65ClN9O5+. The van der Waals surface area contributed by atoms with E-state index in [2.05, 4.69) is 68.8 Å². The van der Waals surface area contributed by atoms with Crippen LogP contribution in [0.15, 0.2) is 48.5 Å². The number of nitrogens with zero attached hydrogens (tertiary/aromatic N) is 5. The fraction of sp³-hybridized carbons (Fsp3) is 0.578. The van der Waals surface area contributed by atoms with Crippen molar-refractivity contribution in [1.29, 1.82) is 0 Å². The molecule has 1 aromatic heterocycles. The lowest BCUT2D eigenvalue weighted by atomic mass is 9.92. The highest BCUT2D eigenvalue weighted by atomic mass is 35.5. The number of anilines is 2. The van der Waals surface area contributed by atoms with Crippen LogP contribution in [-0.2, 0) is 22.4 Å². The van der Waals surface area contributed by atoms with E-state index in [0.717, 1.165) is 127 Å². The number of benzene rings is 2. The quantitative estimate of drug-likeness (QED) is 0.125. The van der Waals surface area contributed by atoms with Crippen molar-refractivity contribution in [2.24, 2.45) is 5.92 Å². The number of ether oxygens (including phenoxy) is 2. The van der Waals surface area contributed by atoms with E-state index in [1.165, 1.54) is 11.1 Å². The summed E-state index contributed by atoms with van der Waals surface area (Å²) in [6.45, 7) is 7.92. The lowest BCUT2D eigenvalue weighted by Gasteiger charge is -2.45. The third-order valence-electron chi connectivity index (χ3n) is 12.5. The number of hydrogen-bond acceptors (Lipinski definition) is 11. The monoisotopic (exact) mass is 846 g/mol. The lowest BCUT2D eigenvalue weighted by Crippen LogP contribution is -2.60. The highest BCUT2D eigenvalue weighted by Gasteiger charge is 2.36. The van der Waals surface area contributed by atoms with Crippen molar-refractivity contribution in [2.75, 3.05) is 91.1 Å². The van der Waals surface area contributed by atoms with Crippen LogP contribution < -0.4 is 31.6 Å². The van der Waals surface area contributed by atoms with Crippen LogP contribution in [0, 0.1) is 5.92 Å². The second-order valence-corrected chi connectivity index (χ2v) is 17.7. The predicted octanol–water partition coefficient (Wildman–Crippen LogP) is 4.54. The summed E-state index contributed by atoms with van der Waals surface area (Å²) in [5, 5.41) is 6.23. The second kappa shape index (κ2) is 21.8. The van der Waals surface area contributed by atoms with E-state index in [4.69, 9.17) is 32.5 Å². The minimum atomic E-state index is -0.403. The van der Waals surface area contributed by atoms with Crippen molar-refractivity contribution < 1.29 is 28.3 Å². The van der Waals surface area contributed by atoms with Crippen LogP contribution in [0.25, 0.3) is 0 Å². The van der Waals surface area contributed by atoms with E-state index in [9.17, 15) is 14.4 Å². The number of nitrogens with one attached hydrogen (secondary N) is 2. The molecule has 0 saturated carbocycles. The Morgan fingerprint density at radius 3 is 1.92 bits per heavy atom. The molecule has 0 aliphatic carbocycles. The lowest BCUT2D eigenvalue weighted by molar-refractivity contribution is -0.933. The molecule has 60 heavy (non-hydrogen) atoms. The molecule has 3 aliphatic heterocycles. The van der Waals surface area contributed by atoms with Crippen LogP contribution in [0.1, 0.15) is 79.4 Å². The summed E-state index contributed by atoms with van der Waals surface area (Å²) in [5.41, 5.74) is 14.2. The van der Waals surface area contributed by atoms with E-state index < -0.39 is 5.91 Å². The number of aromatic nitrogens is 2. The number of nitrogen functional groups attached to an aromatic ring is 2. The van der Waals surface area contributed by atoms with Crippen LogP contribution >= 0.6 is 11.6 Å². The number of Topliss-reactive ketones (excluding diaryl/α,β-unsaturated/α-hetero) is 1. The first-order chi connectivity index (χ1) is 28.9. The molecule has 3 fully saturated rings. The van der Waals surface area contributed by atoms with Crippen LogP contribution in [-0.4, -0.2) is 134 Å². The highest BCUT2D eigenvalue weighted by molar-refractivity contribution is 6.31. The molecule has 326 valence electrons. The standard InChI is InChI=1S/C45H64ClN9O5/c1-53-21-17-34(18-22-53)28-37(56)30-59-38-13-9-32(10-14-38)6-3-25-55(27-5-8-36(29-55)50-45(58)41-43(47)52-44(48)42(46)51-41)26-4-7-33-11-15-39(16-12-33)60-31-40(57)49-35-19-23-54(2)24-20-35/h9-16,34-36H,3-8,17-31H2,1-2H3,(H5-,47,48,49,50,52,57,58)/p+1/t36-,55?/m0/s1. The summed E-state index contributed by atoms with van der Waals surface area (Å²) in [6.07, 6.45) is 10.2. The molecule has 6 N–H and O–H groups in total. The molecule has 3 saturated heterocycles. The number of ketones is 1. The Kier molecular flexibility index (Phi) is 16.4. The van der Waals surface area contributed by atoms with E-state index in [-0.39, 0.29) is 59.5 Å². The van der Waals surface area contributed by atoms with Gasteiger partial charge in [0.05, 0.1) is 32.2 Å². The van der Waals surface area contributed by atoms with Crippen molar-refractivity contribution >= 4 is 40.8 Å². The zero-order chi connectivity index (χ0) is 42.5. The second-order valence-electron chi connectivity index (χ2n) is 17.3. The average molecular weight is 848 g/mol. The van der Waals surface area contributed by atoms with Crippen LogP contribution in [0.2, 0.25) is 5.15 Å². The van der Waals surface area contributed by atoms with Gasteiger partial charge in [-0.05, 0) is 133 Å². The number of rotatable bonds is 19. The maximum Gasteiger partial charge on any atom is 0.274 e. The van der Waals surface area contributed by atoms with Crippen molar-refractivity contribution in [1.82, 2.24) is 30.4 Å². The van der Waals surface area contributed by atoms with Crippen molar-refractivity contribution in [3.8, 4) is 11.5 Å². The van der Waals surface area contributed by atoms with Gasteiger partial charge >= 0.3 is 0 Å². The van der Waals surface area contributed by atoms with Gasteiger partial charge in [0.1, 0.15) is 18.1 Å². The smallest absolute Gasteiger partial charge is 0.274 e. The first-order valence-corrected chi connectivity index (χ1v) is 22.2. The van der Waals surface area contributed by atoms with Crippen LogP contribution in [0.3, 0.4) is 0 Å². The third kappa shape index (κ3) is 13.8. The Morgan fingerprint density at radius 2 is 1.32 bits per heavy atom. The molecule has 2 atom stereocenters. The maximum atomic E-state index is 13.4. The first-order valence-electron chi connectivity index (χ1n) is 21.8. The van der Waals surface area contributed by atoms with Gasteiger partial charge in [0.15, 0.2) is 34.9 Å². The van der Waals surface area contributed by atoms with Crippen molar-refractivity contribution in [2.45, 2.75) is 82.7 Å². The summed E-state index contributed by atoms with van der Waals surface area (Å²) >= 11 is 6.10. The van der Waals surface area contributed by atoms with Gasteiger partial charge in [-0.1, -0.05) is 35.9 Å². The molecule has 2 aromatic carbocycles. The first kappa shape index (κ1) is 45.0. The number of aryl methyl sites for hydroxylation is 2. The van der Waals surface area contributed by atoms with E-state index in [1.807, 2.05) is 24.3 Å². The summed E-state index contributed by atoms with van der Waals surface area (Å²) in [4.78, 5) is 51.2. The molecule has 15 heteroatoms. The van der Waals surface area contributed by atoms with Crippen LogP contribution in [0.5, 0.6) is 11.5 Å². The van der Waals surface area contributed by atoms with E-state index in [1.54, 1.807) is 0 Å². The molecule has 14 nitrogen and oxygen atoms in total. The SMILES string of the molecule is CN1CCC(CC(=O)COc2ccc(CCC[N+]3(CCCc4ccc(OCC(=O)NC5CCN(C)CC5)cc4)CCC[C@H](NC(=O)c4nc(Cl)c(N)nc4N)C3)cc2)CC1. The maximum absolute atomic E-state index is 13.4. The molecule has 3 aliphatic rings. The zero-order valence-electron chi connectivity index (χ0n) is 35.5. The van der Waals surface area contributed by atoms with Gasteiger partial charge in [-0.15, -0.1) is 0 Å². The summed E-state index contributed by atoms with van der Waals surface area (Å²) in [5.74, 6) is 1.47. The summed E-state index contributed by atoms with van der Waals surface area (Å²) < 4.78 is 12.6. The van der Waals surface area contributed by atoms with E-state index in [0.29, 0.717) is 18.1 Å². The normalized spacial score (nSPS) is 20.7. The molecule has 6 rings (SSSR count). The minimum absolute atomic E-state index is 0.00561. The van der Waals surface area contributed by atoms with Gasteiger partial charge in [-0.25, -0.2) is 9.97 Å². The number of likely N-dealkylation sites (tertiary alicyclic amines) is 3. The van der Waals surface area contributed by atoms with Gasteiger partial charge in [-0.2, -0.15) is 0 Å². The van der Waals surface area contributed by atoms with Gasteiger partial charge < -0.3 is 45.9 Å². The Labute approximate surface area is 360 Å². The van der Waals surface area contributed by atoms with Gasteiger partial charge in [0, 0.05) is 25.3 Å². The number of carbonyl (C=O) groups excluding carboxylic acids is 3. The number of quaternary nitrogens is 1. The van der Waals surface area contributed by atoms with Crippen molar-refractivity contribution in [3.05, 3.63) is 70.5 Å². The Hall–Kier alpha value is -4.50. The molecule has 0 spiro atoms. The molecule has 2 amide bonds. The molecule has 1 unspecified atom stereocenters. The Morgan fingerprint density at radius 1 is 0.750 bits per heavy atom. The Balaban J connectivity index is 1.01. The fourth-order valence-electron chi connectivity index (χ4n) is 8.95. The number of hydrogen-bond donors (Lipinski definition) is 4. The topological polar surface area (TPSA) is 178 Å². The van der Waals surface area contributed by atoms with E-state index >= 15 is 0 Å². The molecular weight excluding hydrogens is 782 g/mol. The van der Waals surface area contributed by atoms with Gasteiger partial charge in [0.25, 0.3) is 11.8 Å². The summed E-state index contributed by atoms with van der Waals surface area (Å²) in [7, 11) is 4.24. The molecule has 4 heterocycles. The number of amides is 2. The zero-order valence-corrected chi connectivity index (χ0v) is 36.3. The number of piperidine rings is 3. The molecule has 0 bridgehead atoms. The minimum Gasteiger partial charge on any atom is -0.486 e. The molecule has 3 aromatic rings. The van der Waals surface area contributed by atoms with Crippen LogP contribution in [0.4, 0.5) is 11.6 Å². The number of halogens is 1. The summed E-state index contributed by atoms with van der Waals surface area (Å²) in [6, 6.07) is 16.3. The number of nitrogens with two attached hydrogens (primary N) is 2. The van der Waals surface area contributed by atoms with Crippen molar-refractivity contribution in [3.63, 3.8) is 0 Å². The average Bonchev–Trinajstić information content (AvgIpc) is 3.23. The van der Waals surface area contributed by atoms with Gasteiger partial charge in [-0.3, -0.25) is 14.4 Å². The Bertz CT molecular complexity index is 1780. The largest absolute Gasteiger partial charge is 0.486 e. The van der Waals surface area contributed by atoms with Gasteiger partial charge in [0.2, 0.25) is 0 Å².